The summed E-state index contributed by atoms with van der Waals surface area (Å²) in [5, 5.41) is 20.9. The molecule has 1 fully saturated rings. The second-order valence-electron chi connectivity index (χ2n) is 12.1. The van der Waals surface area contributed by atoms with E-state index in [0.29, 0.717) is 11.3 Å². The predicted molar refractivity (Wildman–Crippen MR) is 153 cm³/mol. The Morgan fingerprint density at radius 2 is 1.98 bits per heavy atom. The van der Waals surface area contributed by atoms with Gasteiger partial charge in [-0.25, -0.2) is 15.3 Å². The van der Waals surface area contributed by atoms with Gasteiger partial charge in [-0.3, -0.25) is 20.3 Å². The normalized spacial score (nSPS) is 29.3. The zero-order valence-electron chi connectivity index (χ0n) is 23.6. The standard InChI is InChI=1S/C29H37N9O3/c1-15-7-4-11-19(33-15)25(41)32-13-20-22-29(37-26(30)36-22)23(39)21(14-38(29)27(31)35-20)34-24(40)17-8-5-10-18-16(17)9-6-12-28(18,2)3/h4-5,7-8,10-11,20-23,39H,6,9,12-14H2,1-3H3,(H2,31,35)(H,32,41)(H,34,40)(H3,30,36,37)/p+1/t20-,21+,22?,23+,29?/m0/s1. The highest BCUT2D eigenvalue weighted by Gasteiger charge is 2.68. The summed E-state index contributed by atoms with van der Waals surface area (Å²) in [7, 11) is 0. The number of hydrogen-bond acceptors (Lipinski definition) is 9. The molecule has 0 radical (unpaired) electrons. The Morgan fingerprint density at radius 1 is 1.20 bits per heavy atom. The summed E-state index contributed by atoms with van der Waals surface area (Å²) in [5.41, 5.74) is 15.4. The lowest BCUT2D eigenvalue weighted by Gasteiger charge is -2.43. The number of nitrogens with two attached hydrogens (primary N) is 2. The van der Waals surface area contributed by atoms with E-state index in [4.69, 9.17) is 11.5 Å². The topological polar surface area (TPSA) is 185 Å². The third kappa shape index (κ3) is 4.37. The smallest absolute Gasteiger partial charge is 0.343 e. The van der Waals surface area contributed by atoms with Gasteiger partial charge in [-0.05, 0) is 60.9 Å². The van der Waals surface area contributed by atoms with E-state index in [1.165, 1.54) is 5.56 Å². The molecule has 6 rings (SSSR count). The molecule has 9 N–H and O–H groups in total. The molecule has 12 nitrogen and oxygen atoms in total. The summed E-state index contributed by atoms with van der Waals surface area (Å²) in [6.07, 6.45) is 1.84. The monoisotopic (exact) mass is 560 g/mol. The van der Waals surface area contributed by atoms with Crippen molar-refractivity contribution >= 4 is 23.7 Å². The fourth-order valence-electron chi connectivity index (χ4n) is 7.04. The van der Waals surface area contributed by atoms with Crippen LogP contribution in [0.3, 0.4) is 0 Å². The number of carbonyl (C=O) groups excluding carboxylic acids is 2. The van der Waals surface area contributed by atoms with Crippen LogP contribution < -0.4 is 32.4 Å². The number of aryl methyl sites for hydroxylation is 1. The highest BCUT2D eigenvalue weighted by Crippen LogP contribution is 2.39. The molecule has 1 aromatic heterocycles. The van der Waals surface area contributed by atoms with Gasteiger partial charge in [0.25, 0.3) is 11.8 Å². The summed E-state index contributed by atoms with van der Waals surface area (Å²) < 4.78 is 0. The molecule has 2 unspecified atom stereocenters. The number of rotatable bonds is 5. The fourth-order valence-corrected chi connectivity index (χ4v) is 7.04. The Hall–Kier alpha value is -4.19. The third-order valence-electron chi connectivity index (χ3n) is 9.02. The van der Waals surface area contributed by atoms with Crippen LogP contribution in [0.4, 0.5) is 0 Å². The van der Waals surface area contributed by atoms with Crippen LogP contribution in [0.1, 0.15) is 64.4 Å². The van der Waals surface area contributed by atoms with Crippen LogP contribution in [0.2, 0.25) is 0 Å². The van der Waals surface area contributed by atoms with E-state index in [1.807, 2.05) is 25.1 Å². The highest BCUT2D eigenvalue weighted by molar-refractivity contribution is 5.97. The van der Waals surface area contributed by atoms with E-state index in [9.17, 15) is 14.7 Å². The summed E-state index contributed by atoms with van der Waals surface area (Å²) in [4.78, 5) is 40.3. The van der Waals surface area contributed by atoms with Crippen molar-refractivity contribution < 1.29 is 19.7 Å². The molecule has 1 aliphatic carbocycles. The first-order valence-electron chi connectivity index (χ1n) is 14.1. The van der Waals surface area contributed by atoms with Crippen LogP contribution in [0.15, 0.2) is 41.4 Å². The molecule has 1 aromatic carbocycles. The second-order valence-corrected chi connectivity index (χ2v) is 12.1. The molecule has 4 heterocycles. The number of nitrogens with one attached hydrogen (secondary N) is 4. The van der Waals surface area contributed by atoms with Gasteiger partial charge in [-0.15, -0.1) is 0 Å². The van der Waals surface area contributed by atoms with Crippen molar-refractivity contribution in [2.75, 3.05) is 13.1 Å². The molecular weight excluding hydrogens is 522 g/mol. The van der Waals surface area contributed by atoms with Gasteiger partial charge in [0.2, 0.25) is 5.66 Å². The van der Waals surface area contributed by atoms with E-state index in [1.54, 1.807) is 17.0 Å². The first-order chi connectivity index (χ1) is 19.5. The maximum Gasteiger partial charge on any atom is 0.343 e. The van der Waals surface area contributed by atoms with Gasteiger partial charge in [0.1, 0.15) is 17.8 Å². The van der Waals surface area contributed by atoms with Crippen molar-refractivity contribution in [1.29, 1.82) is 0 Å². The SMILES string of the molecule is Cc1cccc(C(=O)NC[C@@H]2N=C(N)N3C[C@@H](NC(=O)c4cccc5c4CCCC5(C)C)[C@@H](O)C34NC(N)=[NH+]C24)n1. The van der Waals surface area contributed by atoms with Crippen molar-refractivity contribution in [3.8, 4) is 0 Å². The molecule has 216 valence electrons. The van der Waals surface area contributed by atoms with Gasteiger partial charge < -0.3 is 26.4 Å². The van der Waals surface area contributed by atoms with Crippen molar-refractivity contribution in [2.45, 2.75) is 75.3 Å². The lowest BCUT2D eigenvalue weighted by atomic mass is 9.71. The van der Waals surface area contributed by atoms with Gasteiger partial charge in [-0.2, -0.15) is 0 Å². The first-order valence-corrected chi connectivity index (χ1v) is 14.1. The molecule has 41 heavy (non-hydrogen) atoms. The van der Waals surface area contributed by atoms with Crippen LogP contribution in [-0.4, -0.2) is 81.7 Å². The van der Waals surface area contributed by atoms with Gasteiger partial charge in [0, 0.05) is 24.3 Å². The number of amides is 2. The minimum Gasteiger partial charge on any atom is -0.385 e. The van der Waals surface area contributed by atoms with E-state index >= 15 is 0 Å². The van der Waals surface area contributed by atoms with Gasteiger partial charge in [0.15, 0.2) is 12.0 Å². The number of aromatic nitrogens is 1. The van der Waals surface area contributed by atoms with Crippen LogP contribution in [0.25, 0.3) is 0 Å². The first kappa shape index (κ1) is 27.0. The van der Waals surface area contributed by atoms with Crippen molar-refractivity contribution in [2.24, 2.45) is 16.5 Å². The number of aliphatic imine (C=N–C) groups is 1. The Morgan fingerprint density at radius 3 is 2.76 bits per heavy atom. The summed E-state index contributed by atoms with van der Waals surface area (Å²) >= 11 is 0. The van der Waals surface area contributed by atoms with Gasteiger partial charge in [0.05, 0.1) is 6.04 Å². The second kappa shape index (κ2) is 9.72. The zero-order chi connectivity index (χ0) is 29.1. The minimum absolute atomic E-state index is 0.00111. The quantitative estimate of drug-likeness (QED) is 0.218. The number of guanidine groups is 2. The maximum absolute atomic E-state index is 13.6. The number of carbonyl (C=O) groups is 2. The number of pyridine rings is 1. The number of aliphatic hydroxyl groups is 1. The van der Waals surface area contributed by atoms with Crippen LogP contribution >= 0.6 is 0 Å². The Bertz CT molecular complexity index is 1470. The van der Waals surface area contributed by atoms with Crippen molar-refractivity contribution in [1.82, 2.24) is 25.8 Å². The Balaban J connectivity index is 1.23. The van der Waals surface area contributed by atoms with Crippen LogP contribution in [-0.2, 0) is 11.8 Å². The molecular formula is C29H38N9O3+. The predicted octanol–water partition coefficient (Wildman–Crippen LogP) is -2.03. The van der Waals surface area contributed by atoms with Gasteiger partial charge >= 0.3 is 5.96 Å². The summed E-state index contributed by atoms with van der Waals surface area (Å²) in [6, 6.07) is 9.37. The van der Waals surface area contributed by atoms with Crippen LogP contribution in [0, 0.1) is 6.92 Å². The maximum atomic E-state index is 13.6. The van der Waals surface area contributed by atoms with E-state index in [0.717, 1.165) is 30.5 Å². The van der Waals surface area contributed by atoms with Crippen LogP contribution in [0.5, 0.6) is 0 Å². The molecule has 4 aliphatic rings. The molecule has 2 aromatic rings. The average Bonchev–Trinajstić information content (AvgIpc) is 3.43. The number of aliphatic hydroxyl groups excluding tert-OH is 1. The molecule has 5 atom stereocenters. The van der Waals surface area contributed by atoms with Crippen molar-refractivity contribution in [3.63, 3.8) is 0 Å². The minimum atomic E-state index is -1.16. The summed E-state index contributed by atoms with van der Waals surface area (Å²) in [6.45, 7) is 6.60. The summed E-state index contributed by atoms with van der Waals surface area (Å²) in [5.74, 6) is -0.127. The molecule has 2 amide bonds. The molecule has 12 heteroatoms. The third-order valence-corrected chi connectivity index (χ3v) is 9.02. The number of fused-ring (bicyclic) bond motifs is 1. The van der Waals surface area contributed by atoms with E-state index in [-0.39, 0.29) is 42.2 Å². The molecule has 1 spiro atoms. The lowest BCUT2D eigenvalue weighted by molar-refractivity contribution is -0.513. The number of hydrogen-bond donors (Lipinski definition) is 7. The van der Waals surface area contributed by atoms with E-state index < -0.39 is 29.9 Å². The number of benzene rings is 1. The van der Waals surface area contributed by atoms with Crippen molar-refractivity contribution in [3.05, 3.63) is 64.5 Å². The van der Waals surface area contributed by atoms with E-state index in [2.05, 4.69) is 50.8 Å². The average molecular weight is 561 g/mol. The largest absolute Gasteiger partial charge is 0.385 e. The molecule has 0 saturated carbocycles. The zero-order valence-corrected chi connectivity index (χ0v) is 23.6. The Labute approximate surface area is 238 Å². The molecule has 0 bridgehead atoms. The molecule has 1 saturated heterocycles. The number of nitrogens with zero attached hydrogens (tertiary/aromatic N) is 3. The molecule has 3 aliphatic heterocycles. The fraction of sp³-hybridized carbons (Fsp3) is 0.483. The lowest BCUT2D eigenvalue weighted by Crippen LogP contribution is -2.88. The Kier molecular flexibility index (Phi) is 6.40. The van der Waals surface area contributed by atoms with Gasteiger partial charge in [-0.1, -0.05) is 32.0 Å². The highest BCUT2D eigenvalue weighted by atomic mass is 16.3.